The van der Waals surface area contributed by atoms with E-state index in [-0.39, 0.29) is 18.0 Å². The molecule has 2 atom stereocenters. The second-order valence-electron chi connectivity index (χ2n) is 4.77. The maximum Gasteiger partial charge on any atom is 0.237 e. The number of methoxy groups -OCH3 is 1. The van der Waals surface area contributed by atoms with E-state index in [1.54, 1.807) is 7.11 Å². The Balaban J connectivity index is 2.40. The van der Waals surface area contributed by atoms with Crippen LogP contribution in [0.25, 0.3) is 0 Å². The lowest BCUT2D eigenvalue weighted by Gasteiger charge is -2.17. The van der Waals surface area contributed by atoms with Crippen molar-refractivity contribution in [2.75, 3.05) is 7.11 Å². The molecule has 0 heterocycles. The first-order valence-corrected chi connectivity index (χ1v) is 6.73. The molecule has 0 saturated heterocycles. The largest absolute Gasteiger partial charge is 0.497 e. The Labute approximate surface area is 115 Å². The van der Waals surface area contributed by atoms with Gasteiger partial charge in [0, 0.05) is 12.6 Å². The summed E-state index contributed by atoms with van der Waals surface area (Å²) in [7, 11) is 1.65. The topological polar surface area (TPSA) is 50.4 Å². The minimum absolute atomic E-state index is 0.0443. The number of carbonyl (C=O) groups is 1. The van der Waals surface area contributed by atoms with Crippen LogP contribution in [0, 0.1) is 0 Å². The van der Waals surface area contributed by atoms with Gasteiger partial charge in [0.1, 0.15) is 5.75 Å². The Morgan fingerprint density at radius 2 is 1.89 bits per heavy atom. The SMILES string of the molecule is CCC(C)NC(=O)C(C)NCc1ccc(OC)cc1. The molecule has 0 radical (unpaired) electrons. The van der Waals surface area contributed by atoms with E-state index in [9.17, 15) is 4.79 Å². The number of carbonyl (C=O) groups excluding carboxylic acids is 1. The van der Waals surface area contributed by atoms with Crippen molar-refractivity contribution in [2.24, 2.45) is 0 Å². The van der Waals surface area contributed by atoms with E-state index in [2.05, 4.69) is 17.6 Å². The van der Waals surface area contributed by atoms with Gasteiger partial charge in [-0.1, -0.05) is 19.1 Å². The fraction of sp³-hybridized carbons (Fsp3) is 0.533. The van der Waals surface area contributed by atoms with Gasteiger partial charge in [0.05, 0.1) is 13.2 Å². The molecule has 1 aromatic carbocycles. The third-order valence-electron chi connectivity index (χ3n) is 3.17. The van der Waals surface area contributed by atoms with Gasteiger partial charge in [-0.15, -0.1) is 0 Å². The summed E-state index contributed by atoms with van der Waals surface area (Å²) in [5, 5.41) is 6.18. The maximum absolute atomic E-state index is 11.8. The van der Waals surface area contributed by atoms with Gasteiger partial charge in [0.15, 0.2) is 0 Å². The van der Waals surface area contributed by atoms with Crippen LogP contribution < -0.4 is 15.4 Å². The third-order valence-corrected chi connectivity index (χ3v) is 3.17. The van der Waals surface area contributed by atoms with E-state index >= 15 is 0 Å². The molecule has 0 aliphatic heterocycles. The second-order valence-corrected chi connectivity index (χ2v) is 4.77. The molecular weight excluding hydrogens is 240 g/mol. The summed E-state index contributed by atoms with van der Waals surface area (Å²) >= 11 is 0. The first-order chi connectivity index (χ1) is 9.06. The molecule has 2 unspecified atom stereocenters. The smallest absolute Gasteiger partial charge is 0.237 e. The zero-order valence-corrected chi connectivity index (χ0v) is 12.2. The summed E-state index contributed by atoms with van der Waals surface area (Å²) in [4.78, 5) is 11.8. The number of benzene rings is 1. The lowest BCUT2D eigenvalue weighted by atomic mass is 10.2. The summed E-state index contributed by atoms with van der Waals surface area (Å²) in [5.41, 5.74) is 1.13. The van der Waals surface area contributed by atoms with Crippen LogP contribution in [0.4, 0.5) is 0 Å². The zero-order valence-electron chi connectivity index (χ0n) is 12.2. The lowest BCUT2D eigenvalue weighted by molar-refractivity contribution is -0.123. The molecular formula is C15H24N2O2. The van der Waals surface area contributed by atoms with Crippen LogP contribution >= 0.6 is 0 Å². The fourth-order valence-corrected chi connectivity index (χ4v) is 1.58. The second kappa shape index (κ2) is 7.79. The van der Waals surface area contributed by atoms with Crippen molar-refractivity contribution in [2.45, 2.75) is 45.8 Å². The molecule has 0 aliphatic rings. The van der Waals surface area contributed by atoms with Crippen LogP contribution in [0.3, 0.4) is 0 Å². The number of amides is 1. The number of hydrogen-bond donors (Lipinski definition) is 2. The van der Waals surface area contributed by atoms with Crippen LogP contribution in [-0.2, 0) is 11.3 Å². The molecule has 1 aromatic rings. The number of rotatable bonds is 7. The van der Waals surface area contributed by atoms with E-state index in [1.807, 2.05) is 38.1 Å². The fourth-order valence-electron chi connectivity index (χ4n) is 1.58. The lowest BCUT2D eigenvalue weighted by Crippen LogP contribution is -2.45. The standard InChI is InChI=1S/C15H24N2O2/c1-5-11(2)17-15(18)12(3)16-10-13-6-8-14(19-4)9-7-13/h6-9,11-12,16H,5,10H2,1-4H3,(H,17,18). The van der Waals surface area contributed by atoms with Gasteiger partial charge in [0.25, 0.3) is 0 Å². The number of nitrogens with one attached hydrogen (secondary N) is 2. The van der Waals surface area contributed by atoms with E-state index in [1.165, 1.54) is 0 Å². The van der Waals surface area contributed by atoms with Crippen molar-refractivity contribution in [3.05, 3.63) is 29.8 Å². The highest BCUT2D eigenvalue weighted by Crippen LogP contribution is 2.11. The number of hydrogen-bond acceptors (Lipinski definition) is 3. The average molecular weight is 264 g/mol. The molecule has 1 amide bonds. The van der Waals surface area contributed by atoms with Crippen LogP contribution in [0.15, 0.2) is 24.3 Å². The van der Waals surface area contributed by atoms with Crippen molar-refractivity contribution in [1.29, 1.82) is 0 Å². The van der Waals surface area contributed by atoms with Gasteiger partial charge in [0.2, 0.25) is 5.91 Å². The van der Waals surface area contributed by atoms with Gasteiger partial charge < -0.3 is 15.4 Å². The maximum atomic E-state index is 11.8. The molecule has 106 valence electrons. The van der Waals surface area contributed by atoms with Crippen molar-refractivity contribution in [3.8, 4) is 5.75 Å². The Morgan fingerprint density at radius 3 is 2.42 bits per heavy atom. The van der Waals surface area contributed by atoms with E-state index in [4.69, 9.17) is 4.74 Å². The van der Waals surface area contributed by atoms with E-state index in [0.717, 1.165) is 17.7 Å². The summed E-state index contributed by atoms with van der Waals surface area (Å²) in [5.74, 6) is 0.883. The van der Waals surface area contributed by atoms with Crippen LogP contribution in [0.2, 0.25) is 0 Å². The van der Waals surface area contributed by atoms with Gasteiger partial charge in [-0.05, 0) is 38.0 Å². The normalized spacial score (nSPS) is 13.7. The molecule has 0 bridgehead atoms. The minimum atomic E-state index is -0.198. The number of ether oxygens (including phenoxy) is 1. The Bertz CT molecular complexity index is 390. The van der Waals surface area contributed by atoms with Gasteiger partial charge in [-0.25, -0.2) is 0 Å². The van der Waals surface area contributed by atoms with Crippen molar-refractivity contribution >= 4 is 5.91 Å². The molecule has 0 aliphatic carbocycles. The van der Waals surface area contributed by atoms with Crippen molar-refractivity contribution < 1.29 is 9.53 Å². The zero-order chi connectivity index (χ0) is 14.3. The highest BCUT2D eigenvalue weighted by atomic mass is 16.5. The average Bonchev–Trinajstić information content (AvgIpc) is 2.44. The van der Waals surface area contributed by atoms with Gasteiger partial charge in [-0.3, -0.25) is 4.79 Å². The van der Waals surface area contributed by atoms with Crippen molar-refractivity contribution in [1.82, 2.24) is 10.6 Å². The third kappa shape index (κ3) is 5.30. The Kier molecular flexibility index (Phi) is 6.36. The highest BCUT2D eigenvalue weighted by molar-refractivity contribution is 5.81. The monoisotopic (exact) mass is 264 g/mol. The quantitative estimate of drug-likeness (QED) is 0.793. The van der Waals surface area contributed by atoms with Crippen molar-refractivity contribution in [3.63, 3.8) is 0 Å². The highest BCUT2D eigenvalue weighted by Gasteiger charge is 2.13. The summed E-state index contributed by atoms with van der Waals surface area (Å²) in [6.45, 7) is 6.61. The molecule has 19 heavy (non-hydrogen) atoms. The molecule has 0 aromatic heterocycles. The molecule has 0 fully saturated rings. The molecule has 4 heteroatoms. The predicted molar refractivity (Wildman–Crippen MR) is 77.2 cm³/mol. The van der Waals surface area contributed by atoms with Crippen LogP contribution in [0.1, 0.15) is 32.8 Å². The molecule has 1 rings (SSSR count). The molecule has 2 N–H and O–H groups in total. The van der Waals surface area contributed by atoms with Crippen LogP contribution in [-0.4, -0.2) is 25.1 Å². The summed E-state index contributed by atoms with van der Waals surface area (Å²) in [6, 6.07) is 7.84. The van der Waals surface area contributed by atoms with Crippen LogP contribution in [0.5, 0.6) is 5.75 Å². The van der Waals surface area contributed by atoms with Gasteiger partial charge in [-0.2, -0.15) is 0 Å². The van der Waals surface area contributed by atoms with E-state index in [0.29, 0.717) is 6.54 Å². The minimum Gasteiger partial charge on any atom is -0.497 e. The first kappa shape index (κ1) is 15.5. The van der Waals surface area contributed by atoms with Gasteiger partial charge >= 0.3 is 0 Å². The van der Waals surface area contributed by atoms with E-state index < -0.39 is 0 Å². The first-order valence-electron chi connectivity index (χ1n) is 6.73. The Morgan fingerprint density at radius 1 is 1.26 bits per heavy atom. The summed E-state index contributed by atoms with van der Waals surface area (Å²) < 4.78 is 5.10. The molecule has 4 nitrogen and oxygen atoms in total. The summed E-state index contributed by atoms with van der Waals surface area (Å²) in [6.07, 6.45) is 0.941. The molecule has 0 saturated carbocycles. The predicted octanol–water partition coefficient (Wildman–Crippen LogP) is 2.09. The molecule has 0 spiro atoms. The Hall–Kier alpha value is -1.55.